The summed E-state index contributed by atoms with van der Waals surface area (Å²) in [4.78, 5) is 6.99. The smallest absolute Gasteiger partial charge is 0.0605 e. The number of aryl methyl sites for hydroxylation is 1. The van der Waals surface area contributed by atoms with Gasteiger partial charge >= 0.3 is 0 Å². The van der Waals surface area contributed by atoms with E-state index in [0.717, 1.165) is 25.3 Å². The third-order valence-corrected chi connectivity index (χ3v) is 4.48. The number of nitrogens with one attached hydrogen (secondary N) is 1. The van der Waals surface area contributed by atoms with E-state index in [9.17, 15) is 0 Å². The summed E-state index contributed by atoms with van der Waals surface area (Å²) in [6, 6.07) is 4.28. The van der Waals surface area contributed by atoms with E-state index < -0.39 is 0 Å². The van der Waals surface area contributed by atoms with Crippen LogP contribution in [0.25, 0.3) is 0 Å². The Kier molecular flexibility index (Phi) is 3.25. The highest BCUT2D eigenvalue weighted by Gasteiger charge is 2.36. The molecule has 1 spiro atoms. The van der Waals surface area contributed by atoms with Gasteiger partial charge in [0.1, 0.15) is 0 Å². The quantitative estimate of drug-likeness (QED) is 0.824. The van der Waals surface area contributed by atoms with Crippen molar-refractivity contribution < 1.29 is 0 Å². The summed E-state index contributed by atoms with van der Waals surface area (Å²) in [7, 11) is 0. The van der Waals surface area contributed by atoms with E-state index in [-0.39, 0.29) is 0 Å². The van der Waals surface area contributed by atoms with Gasteiger partial charge in [-0.25, -0.2) is 0 Å². The van der Waals surface area contributed by atoms with Crippen LogP contribution in [-0.2, 0) is 0 Å². The van der Waals surface area contributed by atoms with E-state index in [0.29, 0.717) is 5.54 Å². The monoisotopic (exact) mass is 245 g/mol. The van der Waals surface area contributed by atoms with Crippen molar-refractivity contribution in [2.75, 3.05) is 24.5 Å². The predicted octanol–water partition coefficient (Wildman–Crippen LogP) is 2.50. The van der Waals surface area contributed by atoms with Crippen LogP contribution in [-0.4, -0.2) is 30.2 Å². The Morgan fingerprint density at radius 3 is 2.89 bits per heavy atom. The molecule has 3 rings (SSSR count). The first-order valence-electron chi connectivity index (χ1n) is 7.21. The zero-order chi connectivity index (χ0) is 12.4. The molecular formula is C15H23N3. The van der Waals surface area contributed by atoms with Gasteiger partial charge in [0, 0.05) is 24.8 Å². The molecule has 1 aliphatic heterocycles. The second kappa shape index (κ2) is 4.88. The van der Waals surface area contributed by atoms with Gasteiger partial charge in [0.2, 0.25) is 0 Å². The van der Waals surface area contributed by atoms with Crippen molar-refractivity contribution in [3.63, 3.8) is 0 Å². The highest BCUT2D eigenvalue weighted by molar-refractivity contribution is 5.50. The lowest BCUT2D eigenvalue weighted by Crippen LogP contribution is -2.49. The van der Waals surface area contributed by atoms with Crippen molar-refractivity contribution in [3.05, 3.63) is 24.0 Å². The maximum absolute atomic E-state index is 4.44. The zero-order valence-electron chi connectivity index (χ0n) is 11.3. The molecule has 2 heterocycles. The van der Waals surface area contributed by atoms with Crippen LogP contribution in [0.1, 0.15) is 37.8 Å². The summed E-state index contributed by atoms with van der Waals surface area (Å²) in [5, 5.41) is 3.81. The lowest BCUT2D eigenvalue weighted by molar-refractivity contribution is 0.354. The van der Waals surface area contributed by atoms with Crippen LogP contribution in [0.2, 0.25) is 0 Å². The molecule has 1 N–H and O–H groups in total. The number of nitrogens with zero attached hydrogens (tertiary/aromatic N) is 2. The lowest BCUT2D eigenvalue weighted by atomic mass is 9.97. The Bertz CT molecular complexity index is 410. The van der Waals surface area contributed by atoms with Gasteiger partial charge in [-0.1, -0.05) is 12.8 Å². The first kappa shape index (κ1) is 12.0. The molecule has 3 nitrogen and oxygen atoms in total. The second-order valence-corrected chi connectivity index (χ2v) is 5.80. The number of hydrogen-bond acceptors (Lipinski definition) is 3. The van der Waals surface area contributed by atoms with Crippen molar-refractivity contribution in [2.24, 2.45) is 0 Å². The van der Waals surface area contributed by atoms with Gasteiger partial charge in [-0.05, 0) is 44.9 Å². The first-order chi connectivity index (χ1) is 8.79. The van der Waals surface area contributed by atoms with Crippen LogP contribution in [0.5, 0.6) is 0 Å². The van der Waals surface area contributed by atoms with Crippen molar-refractivity contribution in [3.8, 4) is 0 Å². The van der Waals surface area contributed by atoms with E-state index in [1.165, 1.54) is 37.8 Å². The standard InChI is InChI=1S/C15H23N3/c1-13-14(6-4-9-16-13)18-11-5-10-17-15(12-18)7-2-3-8-15/h4,6,9,17H,2-3,5,7-8,10-12H2,1H3. The molecule has 0 unspecified atom stereocenters. The van der Waals surface area contributed by atoms with Gasteiger partial charge in [0.15, 0.2) is 0 Å². The molecule has 2 fully saturated rings. The zero-order valence-corrected chi connectivity index (χ0v) is 11.3. The highest BCUT2D eigenvalue weighted by atomic mass is 15.2. The van der Waals surface area contributed by atoms with E-state index in [4.69, 9.17) is 0 Å². The third kappa shape index (κ3) is 2.24. The van der Waals surface area contributed by atoms with Crippen molar-refractivity contribution in [1.82, 2.24) is 10.3 Å². The molecule has 1 saturated heterocycles. The minimum Gasteiger partial charge on any atom is -0.368 e. The Morgan fingerprint density at radius 1 is 1.28 bits per heavy atom. The van der Waals surface area contributed by atoms with Gasteiger partial charge in [0.25, 0.3) is 0 Å². The molecule has 1 aromatic rings. The van der Waals surface area contributed by atoms with Crippen molar-refractivity contribution >= 4 is 5.69 Å². The third-order valence-electron chi connectivity index (χ3n) is 4.48. The molecule has 1 aromatic heterocycles. The van der Waals surface area contributed by atoms with E-state index in [1.807, 2.05) is 6.20 Å². The topological polar surface area (TPSA) is 28.2 Å². The SMILES string of the molecule is Cc1ncccc1N1CCCNC2(CCCC2)C1. The van der Waals surface area contributed by atoms with E-state index in [1.54, 1.807) is 0 Å². The number of aromatic nitrogens is 1. The molecule has 0 atom stereocenters. The fraction of sp³-hybridized carbons (Fsp3) is 0.667. The van der Waals surface area contributed by atoms with Crippen LogP contribution in [0.3, 0.4) is 0 Å². The Balaban J connectivity index is 1.85. The van der Waals surface area contributed by atoms with Crippen LogP contribution in [0.15, 0.2) is 18.3 Å². The van der Waals surface area contributed by atoms with Crippen LogP contribution in [0, 0.1) is 6.92 Å². The van der Waals surface area contributed by atoms with Gasteiger partial charge in [-0.2, -0.15) is 0 Å². The highest BCUT2D eigenvalue weighted by Crippen LogP contribution is 2.33. The number of pyridine rings is 1. The maximum Gasteiger partial charge on any atom is 0.0605 e. The van der Waals surface area contributed by atoms with E-state index >= 15 is 0 Å². The fourth-order valence-corrected chi connectivity index (χ4v) is 3.53. The second-order valence-electron chi connectivity index (χ2n) is 5.80. The van der Waals surface area contributed by atoms with Gasteiger partial charge in [-0.3, -0.25) is 4.98 Å². The molecule has 0 aromatic carbocycles. The minimum absolute atomic E-state index is 0.374. The summed E-state index contributed by atoms with van der Waals surface area (Å²) < 4.78 is 0. The molecule has 0 amide bonds. The number of anilines is 1. The fourth-order valence-electron chi connectivity index (χ4n) is 3.53. The lowest BCUT2D eigenvalue weighted by Gasteiger charge is -2.34. The van der Waals surface area contributed by atoms with Gasteiger partial charge < -0.3 is 10.2 Å². The summed E-state index contributed by atoms with van der Waals surface area (Å²) in [6.45, 7) is 5.59. The van der Waals surface area contributed by atoms with Gasteiger partial charge in [0.05, 0.1) is 11.4 Å². The minimum atomic E-state index is 0.374. The Labute approximate surface area is 110 Å². The molecular weight excluding hydrogens is 222 g/mol. The molecule has 98 valence electrons. The molecule has 18 heavy (non-hydrogen) atoms. The average molecular weight is 245 g/mol. The predicted molar refractivity (Wildman–Crippen MR) is 75.0 cm³/mol. The van der Waals surface area contributed by atoms with Crippen molar-refractivity contribution in [2.45, 2.75) is 44.6 Å². The maximum atomic E-state index is 4.44. The normalized spacial score (nSPS) is 23.3. The summed E-state index contributed by atoms with van der Waals surface area (Å²) >= 11 is 0. The Morgan fingerprint density at radius 2 is 2.11 bits per heavy atom. The number of hydrogen-bond donors (Lipinski definition) is 1. The van der Waals surface area contributed by atoms with Crippen LogP contribution in [0.4, 0.5) is 5.69 Å². The summed E-state index contributed by atoms with van der Waals surface area (Å²) in [6.07, 6.45) is 8.56. The largest absolute Gasteiger partial charge is 0.368 e. The molecule has 0 bridgehead atoms. The first-order valence-corrected chi connectivity index (χ1v) is 7.21. The molecule has 2 aliphatic rings. The molecule has 0 radical (unpaired) electrons. The van der Waals surface area contributed by atoms with Crippen LogP contribution >= 0.6 is 0 Å². The number of rotatable bonds is 1. The van der Waals surface area contributed by atoms with E-state index in [2.05, 4.69) is 34.3 Å². The molecule has 1 aliphatic carbocycles. The van der Waals surface area contributed by atoms with Gasteiger partial charge in [-0.15, -0.1) is 0 Å². The molecule has 3 heteroatoms. The van der Waals surface area contributed by atoms with Crippen molar-refractivity contribution in [1.29, 1.82) is 0 Å². The average Bonchev–Trinajstić information content (AvgIpc) is 2.72. The Hall–Kier alpha value is -1.09. The molecule has 1 saturated carbocycles. The van der Waals surface area contributed by atoms with Crippen LogP contribution < -0.4 is 10.2 Å². The summed E-state index contributed by atoms with van der Waals surface area (Å²) in [5.41, 5.74) is 2.86. The summed E-state index contributed by atoms with van der Waals surface area (Å²) in [5.74, 6) is 0.